The van der Waals surface area contributed by atoms with Crippen LogP contribution in [0, 0.1) is 0 Å². The molecule has 0 aromatic rings. The molecule has 0 N–H and O–H groups in total. The van der Waals surface area contributed by atoms with Crippen LogP contribution >= 0.6 is 0 Å². The Morgan fingerprint density at radius 2 is 2.00 bits per heavy atom. The maximum Gasteiger partial charge on any atom is 0.412 e. The molecule has 0 aliphatic rings. The van der Waals surface area contributed by atoms with Crippen LogP contribution in [0.5, 0.6) is 0 Å². The maximum atomic E-state index is 11.8. The van der Waals surface area contributed by atoms with E-state index in [1.807, 2.05) is 0 Å². The van der Waals surface area contributed by atoms with E-state index in [4.69, 9.17) is 4.74 Å². The Labute approximate surface area is 66.1 Å². The summed E-state index contributed by atoms with van der Waals surface area (Å²) in [5.41, 5.74) is -0.555. The predicted molar refractivity (Wildman–Crippen MR) is 40.0 cm³/mol. The van der Waals surface area contributed by atoms with E-state index in [-0.39, 0.29) is 0 Å². The normalized spacial score (nSPS) is 11.0. The Bertz CT molecular complexity index is 142. The lowest BCUT2D eigenvalue weighted by Gasteiger charge is -2.22. The van der Waals surface area contributed by atoms with E-state index in [2.05, 4.69) is 0 Å². The number of ether oxygens (including phenoxy) is 1. The number of alkyl halides is 1. The lowest BCUT2D eigenvalue weighted by molar-refractivity contribution is 0.0230. The highest BCUT2D eigenvalue weighted by molar-refractivity contribution is 5.67. The van der Waals surface area contributed by atoms with Gasteiger partial charge in [0, 0.05) is 7.05 Å². The second-order valence-corrected chi connectivity index (χ2v) is 3.30. The van der Waals surface area contributed by atoms with Crippen molar-refractivity contribution in [1.82, 2.24) is 4.90 Å². The van der Waals surface area contributed by atoms with E-state index in [1.54, 1.807) is 20.8 Å². The molecule has 66 valence electrons. The number of carbonyl (C=O) groups excluding carboxylic acids is 1. The molecule has 0 heterocycles. The van der Waals surface area contributed by atoms with Crippen LogP contribution in [0.1, 0.15) is 20.8 Å². The van der Waals surface area contributed by atoms with Crippen molar-refractivity contribution in [3.8, 4) is 0 Å². The van der Waals surface area contributed by atoms with Crippen molar-refractivity contribution >= 4 is 6.09 Å². The summed E-state index contributed by atoms with van der Waals surface area (Å²) < 4.78 is 16.7. The van der Waals surface area contributed by atoms with Crippen molar-refractivity contribution in [2.75, 3.05) is 13.8 Å². The van der Waals surface area contributed by atoms with Gasteiger partial charge < -0.3 is 4.74 Å². The van der Waals surface area contributed by atoms with Crippen LogP contribution in [0.2, 0.25) is 0 Å². The van der Waals surface area contributed by atoms with E-state index in [0.29, 0.717) is 0 Å². The van der Waals surface area contributed by atoms with Gasteiger partial charge in [-0.3, -0.25) is 4.90 Å². The van der Waals surface area contributed by atoms with Crippen LogP contribution in [0.3, 0.4) is 0 Å². The molecule has 11 heavy (non-hydrogen) atoms. The molecule has 0 saturated carbocycles. The minimum absolute atomic E-state index is 0.555. The molecule has 0 atom stereocenters. The Hall–Kier alpha value is -0.800. The van der Waals surface area contributed by atoms with Gasteiger partial charge in [-0.15, -0.1) is 0 Å². The van der Waals surface area contributed by atoms with Crippen LogP contribution in [-0.2, 0) is 4.74 Å². The smallest absolute Gasteiger partial charge is 0.412 e. The van der Waals surface area contributed by atoms with Crippen molar-refractivity contribution in [2.45, 2.75) is 26.4 Å². The quantitative estimate of drug-likeness (QED) is 0.551. The summed E-state index contributed by atoms with van der Waals surface area (Å²) in [6.07, 6.45) is -0.639. The van der Waals surface area contributed by atoms with Gasteiger partial charge in [0.25, 0.3) is 0 Å². The van der Waals surface area contributed by atoms with Gasteiger partial charge in [0.1, 0.15) is 5.60 Å². The van der Waals surface area contributed by atoms with Crippen molar-refractivity contribution in [1.29, 1.82) is 0 Å². The summed E-state index contributed by atoms with van der Waals surface area (Å²) in [6, 6.07) is 0. The lowest BCUT2D eigenvalue weighted by atomic mass is 10.2. The topological polar surface area (TPSA) is 29.5 Å². The van der Waals surface area contributed by atoms with Crippen LogP contribution in [0.4, 0.5) is 9.18 Å². The Morgan fingerprint density at radius 1 is 1.55 bits per heavy atom. The van der Waals surface area contributed by atoms with Gasteiger partial charge in [-0.25, -0.2) is 9.18 Å². The number of carbonyl (C=O) groups is 1. The SMILES string of the molecule is CN(CF)C(=O)OC(C)(C)C. The van der Waals surface area contributed by atoms with Crippen LogP contribution in [-0.4, -0.2) is 30.4 Å². The molecule has 1 amide bonds. The highest BCUT2D eigenvalue weighted by Gasteiger charge is 2.18. The zero-order chi connectivity index (χ0) is 9.07. The fraction of sp³-hybridized carbons (Fsp3) is 0.857. The maximum absolute atomic E-state index is 11.8. The van der Waals surface area contributed by atoms with Crippen LogP contribution < -0.4 is 0 Å². The second-order valence-electron chi connectivity index (χ2n) is 3.30. The average Bonchev–Trinajstić information content (AvgIpc) is 1.82. The Morgan fingerprint density at radius 3 is 2.27 bits per heavy atom. The van der Waals surface area contributed by atoms with Crippen molar-refractivity contribution < 1.29 is 13.9 Å². The first kappa shape index (κ1) is 10.2. The average molecular weight is 163 g/mol. The summed E-state index contributed by atoms with van der Waals surface area (Å²) in [5, 5.41) is 0. The summed E-state index contributed by atoms with van der Waals surface area (Å²) in [4.78, 5) is 11.7. The number of halogens is 1. The summed E-state index contributed by atoms with van der Waals surface area (Å²) in [7, 11) is 1.34. The molecule has 0 unspecified atom stereocenters. The van der Waals surface area contributed by atoms with E-state index in [1.165, 1.54) is 7.05 Å². The van der Waals surface area contributed by atoms with E-state index < -0.39 is 18.5 Å². The van der Waals surface area contributed by atoms with Crippen LogP contribution in [0.15, 0.2) is 0 Å². The number of hydrogen-bond donors (Lipinski definition) is 0. The van der Waals surface area contributed by atoms with Crippen molar-refractivity contribution in [3.05, 3.63) is 0 Å². The molecule has 4 heteroatoms. The van der Waals surface area contributed by atoms with Crippen molar-refractivity contribution in [3.63, 3.8) is 0 Å². The molecule has 0 aromatic heterocycles. The fourth-order valence-electron chi connectivity index (χ4n) is 0.389. The molecule has 0 fully saturated rings. The molecule has 0 bridgehead atoms. The third kappa shape index (κ3) is 4.58. The van der Waals surface area contributed by atoms with Gasteiger partial charge in [-0.2, -0.15) is 0 Å². The minimum Gasteiger partial charge on any atom is -0.444 e. The molecule has 0 spiro atoms. The largest absolute Gasteiger partial charge is 0.444 e. The molecular weight excluding hydrogens is 149 g/mol. The highest BCUT2D eigenvalue weighted by atomic mass is 19.1. The van der Waals surface area contributed by atoms with Gasteiger partial charge in [0.15, 0.2) is 6.80 Å². The first-order chi connectivity index (χ1) is 4.87. The van der Waals surface area contributed by atoms with Gasteiger partial charge in [0.05, 0.1) is 0 Å². The van der Waals surface area contributed by atoms with Crippen molar-refractivity contribution in [2.24, 2.45) is 0 Å². The summed E-state index contributed by atoms with van der Waals surface area (Å²) in [5.74, 6) is 0. The van der Waals surface area contributed by atoms with Gasteiger partial charge in [-0.05, 0) is 20.8 Å². The predicted octanol–water partition coefficient (Wildman–Crippen LogP) is 1.78. The van der Waals surface area contributed by atoms with Gasteiger partial charge >= 0.3 is 6.09 Å². The first-order valence-electron chi connectivity index (χ1n) is 3.37. The molecular formula is C7H14FNO2. The van der Waals surface area contributed by atoms with E-state index in [0.717, 1.165) is 4.90 Å². The van der Waals surface area contributed by atoms with E-state index in [9.17, 15) is 9.18 Å². The van der Waals surface area contributed by atoms with E-state index >= 15 is 0 Å². The third-order valence-electron chi connectivity index (χ3n) is 0.884. The lowest BCUT2D eigenvalue weighted by Crippen LogP contribution is -2.33. The minimum atomic E-state index is -0.824. The zero-order valence-corrected chi connectivity index (χ0v) is 7.35. The second kappa shape index (κ2) is 3.55. The van der Waals surface area contributed by atoms with Gasteiger partial charge in [-0.1, -0.05) is 0 Å². The number of amides is 1. The Balaban J connectivity index is 3.88. The fourth-order valence-corrected chi connectivity index (χ4v) is 0.389. The highest BCUT2D eigenvalue weighted by Crippen LogP contribution is 2.08. The zero-order valence-electron chi connectivity index (χ0n) is 7.35. The molecule has 0 aliphatic carbocycles. The first-order valence-corrected chi connectivity index (χ1v) is 3.37. The summed E-state index contributed by atoms with van der Waals surface area (Å²) in [6.45, 7) is 4.37. The molecule has 0 radical (unpaired) electrons. The number of nitrogens with zero attached hydrogens (tertiary/aromatic N) is 1. The number of hydrogen-bond acceptors (Lipinski definition) is 2. The Kier molecular flexibility index (Phi) is 3.29. The van der Waals surface area contributed by atoms with Crippen LogP contribution in [0.25, 0.3) is 0 Å². The standard InChI is InChI=1S/C7H14FNO2/c1-7(2,3)11-6(10)9(4)5-8/h5H2,1-4H3. The third-order valence-corrected chi connectivity index (χ3v) is 0.884. The monoisotopic (exact) mass is 163 g/mol. The summed E-state index contributed by atoms with van der Waals surface area (Å²) >= 11 is 0. The molecule has 0 rings (SSSR count). The molecule has 0 saturated heterocycles. The molecule has 0 aliphatic heterocycles. The molecule has 3 nitrogen and oxygen atoms in total. The van der Waals surface area contributed by atoms with Gasteiger partial charge in [0.2, 0.25) is 0 Å². The number of rotatable bonds is 1. The molecule has 0 aromatic carbocycles.